The van der Waals surface area contributed by atoms with Crippen LogP contribution in [0.5, 0.6) is 0 Å². The Kier molecular flexibility index (Phi) is 4.04. The number of nitrogens with zero attached hydrogens (tertiary/aromatic N) is 2. The van der Waals surface area contributed by atoms with Crippen LogP contribution in [0, 0.1) is 10.1 Å². The second kappa shape index (κ2) is 5.98. The lowest BCUT2D eigenvalue weighted by molar-refractivity contribution is -0.384. The number of rotatable bonds is 3. The standard InChI is InChI=1S/C15H11ClN2O3S/c16-12-7-6-11(8-13(12)18(20)21)17-14(19)9-22-15(17)10-4-2-1-3-5-10/h1-8,15H,9H2. The molecule has 1 aliphatic heterocycles. The van der Waals surface area contributed by atoms with Crippen molar-refractivity contribution in [2.24, 2.45) is 0 Å². The number of halogens is 1. The minimum absolute atomic E-state index is 0.0595. The molecular formula is C15H11ClN2O3S. The zero-order chi connectivity index (χ0) is 15.7. The van der Waals surface area contributed by atoms with E-state index in [2.05, 4.69) is 0 Å². The average Bonchev–Trinajstić information content (AvgIpc) is 2.90. The highest BCUT2D eigenvalue weighted by molar-refractivity contribution is 8.00. The molecule has 0 aliphatic carbocycles. The highest BCUT2D eigenvalue weighted by Gasteiger charge is 2.34. The Balaban J connectivity index is 2.03. The summed E-state index contributed by atoms with van der Waals surface area (Å²) in [6.07, 6.45) is 0. The van der Waals surface area contributed by atoms with E-state index in [4.69, 9.17) is 11.6 Å². The molecule has 1 heterocycles. The lowest BCUT2D eigenvalue weighted by Gasteiger charge is -2.24. The molecule has 3 rings (SSSR count). The van der Waals surface area contributed by atoms with E-state index >= 15 is 0 Å². The SMILES string of the molecule is O=C1CSC(c2ccccc2)N1c1ccc(Cl)c([N+](=O)[O-])c1. The van der Waals surface area contributed by atoms with Crippen molar-refractivity contribution in [3.8, 4) is 0 Å². The van der Waals surface area contributed by atoms with Gasteiger partial charge in [0, 0.05) is 6.07 Å². The van der Waals surface area contributed by atoms with Gasteiger partial charge in [0.25, 0.3) is 5.69 Å². The van der Waals surface area contributed by atoms with Gasteiger partial charge in [-0.05, 0) is 17.7 Å². The van der Waals surface area contributed by atoms with Gasteiger partial charge in [0.1, 0.15) is 10.4 Å². The normalized spacial score (nSPS) is 17.8. The van der Waals surface area contributed by atoms with E-state index in [1.54, 1.807) is 11.0 Å². The van der Waals surface area contributed by atoms with Gasteiger partial charge in [-0.15, -0.1) is 11.8 Å². The number of benzene rings is 2. The van der Waals surface area contributed by atoms with Gasteiger partial charge in [-0.25, -0.2) is 0 Å². The van der Waals surface area contributed by atoms with E-state index in [-0.39, 0.29) is 22.0 Å². The first kappa shape index (κ1) is 14.9. The molecule has 0 radical (unpaired) electrons. The summed E-state index contributed by atoms with van der Waals surface area (Å²) >= 11 is 7.34. The number of nitro groups is 1. The third-order valence-electron chi connectivity index (χ3n) is 3.36. The number of hydrogen-bond acceptors (Lipinski definition) is 4. The summed E-state index contributed by atoms with van der Waals surface area (Å²) in [5, 5.41) is 10.9. The van der Waals surface area contributed by atoms with Gasteiger partial charge in [-0.1, -0.05) is 41.9 Å². The van der Waals surface area contributed by atoms with Crippen LogP contribution < -0.4 is 4.90 Å². The molecule has 22 heavy (non-hydrogen) atoms. The summed E-state index contributed by atoms with van der Waals surface area (Å²) in [6, 6.07) is 14.0. The molecule has 0 saturated carbocycles. The molecule has 2 aromatic carbocycles. The lowest BCUT2D eigenvalue weighted by Crippen LogP contribution is -2.27. The fourth-order valence-electron chi connectivity index (χ4n) is 2.36. The van der Waals surface area contributed by atoms with Gasteiger partial charge in [0.2, 0.25) is 5.91 Å². The topological polar surface area (TPSA) is 63.5 Å². The number of anilines is 1. The van der Waals surface area contributed by atoms with Crippen molar-refractivity contribution in [2.75, 3.05) is 10.7 Å². The number of nitro benzene ring substituents is 1. The second-order valence-electron chi connectivity index (χ2n) is 4.73. The molecule has 7 heteroatoms. The predicted octanol–water partition coefficient (Wildman–Crippen LogP) is 4.03. The van der Waals surface area contributed by atoms with E-state index in [1.807, 2.05) is 30.3 Å². The minimum Gasteiger partial charge on any atom is -0.295 e. The fourth-order valence-corrected chi connectivity index (χ4v) is 3.72. The first-order valence-corrected chi connectivity index (χ1v) is 7.93. The third-order valence-corrected chi connectivity index (χ3v) is 4.89. The van der Waals surface area contributed by atoms with Crippen molar-refractivity contribution < 1.29 is 9.72 Å². The van der Waals surface area contributed by atoms with Crippen LogP contribution in [0.2, 0.25) is 5.02 Å². The Bertz CT molecular complexity index is 739. The minimum atomic E-state index is -0.545. The Morgan fingerprint density at radius 3 is 2.64 bits per heavy atom. The smallest absolute Gasteiger partial charge is 0.289 e. The quantitative estimate of drug-likeness (QED) is 0.628. The molecule has 1 unspecified atom stereocenters. The molecular weight excluding hydrogens is 324 g/mol. The Hall–Kier alpha value is -2.05. The second-order valence-corrected chi connectivity index (χ2v) is 6.21. The summed E-state index contributed by atoms with van der Waals surface area (Å²) in [4.78, 5) is 24.3. The highest BCUT2D eigenvalue weighted by atomic mass is 35.5. The molecule has 1 atom stereocenters. The first-order valence-electron chi connectivity index (χ1n) is 6.50. The van der Waals surface area contributed by atoms with Gasteiger partial charge in [-0.3, -0.25) is 19.8 Å². The molecule has 5 nitrogen and oxygen atoms in total. The van der Waals surface area contributed by atoms with Crippen LogP contribution in [-0.4, -0.2) is 16.6 Å². The molecule has 112 valence electrons. The number of carbonyl (C=O) groups excluding carboxylic acids is 1. The zero-order valence-corrected chi connectivity index (χ0v) is 12.9. The van der Waals surface area contributed by atoms with Gasteiger partial charge in [-0.2, -0.15) is 0 Å². The summed E-state index contributed by atoms with van der Waals surface area (Å²) < 4.78 is 0. The molecule has 0 N–H and O–H groups in total. The predicted molar refractivity (Wildman–Crippen MR) is 87.2 cm³/mol. The number of hydrogen-bond donors (Lipinski definition) is 0. The van der Waals surface area contributed by atoms with Crippen LogP contribution in [-0.2, 0) is 4.79 Å². The van der Waals surface area contributed by atoms with Crippen LogP contribution >= 0.6 is 23.4 Å². The van der Waals surface area contributed by atoms with Crippen molar-refractivity contribution in [3.05, 3.63) is 69.2 Å². The molecule has 1 fully saturated rings. The van der Waals surface area contributed by atoms with Crippen molar-refractivity contribution in [1.82, 2.24) is 0 Å². The van der Waals surface area contributed by atoms with Crippen LogP contribution in [0.1, 0.15) is 10.9 Å². The van der Waals surface area contributed by atoms with Gasteiger partial charge < -0.3 is 0 Å². The summed E-state index contributed by atoms with van der Waals surface area (Å²) in [6.45, 7) is 0. The molecule has 0 bridgehead atoms. The van der Waals surface area contributed by atoms with E-state index in [9.17, 15) is 14.9 Å². The molecule has 2 aromatic rings. The van der Waals surface area contributed by atoms with Gasteiger partial charge in [0.05, 0.1) is 16.4 Å². The number of amides is 1. The largest absolute Gasteiger partial charge is 0.295 e. The highest BCUT2D eigenvalue weighted by Crippen LogP contribution is 2.43. The van der Waals surface area contributed by atoms with Crippen molar-refractivity contribution in [1.29, 1.82) is 0 Å². The Labute approximate surface area is 136 Å². The lowest BCUT2D eigenvalue weighted by atomic mass is 10.2. The average molecular weight is 335 g/mol. The maximum absolute atomic E-state index is 12.2. The fraction of sp³-hybridized carbons (Fsp3) is 0.133. The van der Waals surface area contributed by atoms with E-state index in [0.29, 0.717) is 11.4 Å². The summed E-state index contributed by atoms with van der Waals surface area (Å²) in [5.41, 5.74) is 1.27. The monoisotopic (exact) mass is 334 g/mol. The van der Waals surface area contributed by atoms with Gasteiger partial charge >= 0.3 is 0 Å². The summed E-state index contributed by atoms with van der Waals surface area (Å²) in [5.74, 6) is 0.270. The maximum atomic E-state index is 12.2. The van der Waals surface area contributed by atoms with E-state index in [0.717, 1.165) is 5.56 Å². The molecule has 0 aromatic heterocycles. The van der Waals surface area contributed by atoms with Crippen molar-refractivity contribution in [3.63, 3.8) is 0 Å². The molecule has 1 aliphatic rings. The van der Waals surface area contributed by atoms with Crippen molar-refractivity contribution >= 4 is 40.6 Å². The van der Waals surface area contributed by atoms with E-state index in [1.165, 1.54) is 23.9 Å². The molecule has 1 saturated heterocycles. The van der Waals surface area contributed by atoms with Gasteiger partial charge in [0.15, 0.2) is 0 Å². The Morgan fingerprint density at radius 1 is 1.23 bits per heavy atom. The Morgan fingerprint density at radius 2 is 1.95 bits per heavy atom. The maximum Gasteiger partial charge on any atom is 0.289 e. The van der Waals surface area contributed by atoms with Crippen LogP contribution in [0.15, 0.2) is 48.5 Å². The van der Waals surface area contributed by atoms with Crippen molar-refractivity contribution in [2.45, 2.75) is 5.37 Å². The zero-order valence-electron chi connectivity index (χ0n) is 11.3. The van der Waals surface area contributed by atoms with Crippen LogP contribution in [0.4, 0.5) is 11.4 Å². The molecule has 0 spiro atoms. The molecule has 1 amide bonds. The van der Waals surface area contributed by atoms with Crippen LogP contribution in [0.3, 0.4) is 0 Å². The first-order chi connectivity index (χ1) is 10.6. The third kappa shape index (κ3) is 2.67. The number of carbonyl (C=O) groups is 1. The van der Waals surface area contributed by atoms with Crippen LogP contribution in [0.25, 0.3) is 0 Å². The summed E-state index contributed by atoms with van der Waals surface area (Å²) in [7, 11) is 0. The van der Waals surface area contributed by atoms with E-state index < -0.39 is 4.92 Å². The number of thioether (sulfide) groups is 1.